The zero-order valence-corrected chi connectivity index (χ0v) is 8.07. The van der Waals surface area contributed by atoms with Crippen molar-refractivity contribution in [3.63, 3.8) is 0 Å². The highest BCUT2D eigenvalue weighted by Crippen LogP contribution is 2.34. The van der Waals surface area contributed by atoms with Crippen molar-refractivity contribution in [1.82, 2.24) is 0 Å². The first-order valence-electron chi connectivity index (χ1n) is 4.16. The van der Waals surface area contributed by atoms with E-state index < -0.39 is 11.7 Å². The quantitative estimate of drug-likeness (QED) is 0.641. The van der Waals surface area contributed by atoms with Crippen LogP contribution in [0, 0.1) is 6.92 Å². The molecule has 0 spiro atoms. The number of allylic oxidation sites excluding steroid dienone is 1. The largest absolute Gasteiger partial charge is 0.417 e. The average molecular weight is 200 g/mol. The molecule has 0 aromatic heterocycles. The van der Waals surface area contributed by atoms with Crippen molar-refractivity contribution in [2.75, 3.05) is 0 Å². The van der Waals surface area contributed by atoms with Crippen LogP contribution in [-0.4, -0.2) is 0 Å². The van der Waals surface area contributed by atoms with Crippen LogP contribution < -0.4 is 0 Å². The van der Waals surface area contributed by atoms with Crippen LogP contribution in [0.4, 0.5) is 13.2 Å². The van der Waals surface area contributed by atoms with E-state index in [1.165, 1.54) is 6.07 Å². The number of hydrogen-bond donors (Lipinski definition) is 0. The summed E-state index contributed by atoms with van der Waals surface area (Å²) in [6.07, 6.45) is -4.31. The van der Waals surface area contributed by atoms with Gasteiger partial charge in [-0.25, -0.2) is 0 Å². The van der Waals surface area contributed by atoms with Crippen molar-refractivity contribution in [3.8, 4) is 0 Å². The van der Waals surface area contributed by atoms with E-state index in [2.05, 4.69) is 6.58 Å². The van der Waals surface area contributed by atoms with Gasteiger partial charge in [-0.1, -0.05) is 29.8 Å². The summed E-state index contributed by atoms with van der Waals surface area (Å²) >= 11 is 0. The van der Waals surface area contributed by atoms with Gasteiger partial charge in [0.1, 0.15) is 0 Å². The molecular weight excluding hydrogens is 189 g/mol. The molecule has 3 heteroatoms. The molecule has 1 aromatic rings. The Balaban J connectivity index is 3.38. The Morgan fingerprint density at radius 3 is 2.29 bits per heavy atom. The Hall–Kier alpha value is -1.25. The standard InChI is InChI=1S/C11H11F3/c1-7(2)9-5-4-8(3)6-10(9)11(12,13)14/h4-6H,1H2,2-3H3. The van der Waals surface area contributed by atoms with Crippen molar-refractivity contribution in [3.05, 3.63) is 41.5 Å². The first-order valence-corrected chi connectivity index (χ1v) is 4.16. The maximum atomic E-state index is 12.5. The van der Waals surface area contributed by atoms with E-state index in [-0.39, 0.29) is 5.56 Å². The Kier molecular flexibility index (Phi) is 2.69. The maximum absolute atomic E-state index is 12.5. The normalized spacial score (nSPS) is 11.5. The highest BCUT2D eigenvalue weighted by molar-refractivity contribution is 5.65. The van der Waals surface area contributed by atoms with Crippen molar-refractivity contribution < 1.29 is 13.2 Å². The van der Waals surface area contributed by atoms with Gasteiger partial charge in [-0.05, 0) is 25.5 Å². The Morgan fingerprint density at radius 1 is 1.29 bits per heavy atom. The van der Waals surface area contributed by atoms with E-state index in [1.807, 2.05) is 0 Å². The van der Waals surface area contributed by atoms with Crippen molar-refractivity contribution in [2.45, 2.75) is 20.0 Å². The fourth-order valence-corrected chi connectivity index (χ4v) is 1.26. The van der Waals surface area contributed by atoms with Crippen molar-refractivity contribution in [1.29, 1.82) is 0 Å². The molecule has 0 unspecified atom stereocenters. The molecule has 1 aromatic carbocycles. The molecule has 0 nitrogen and oxygen atoms in total. The molecule has 0 saturated carbocycles. The summed E-state index contributed by atoms with van der Waals surface area (Å²) in [5.41, 5.74) is 0.591. The second-order valence-electron chi connectivity index (χ2n) is 3.33. The van der Waals surface area contributed by atoms with Gasteiger partial charge >= 0.3 is 6.18 Å². The average Bonchev–Trinajstić information content (AvgIpc) is 2.01. The van der Waals surface area contributed by atoms with Crippen molar-refractivity contribution in [2.24, 2.45) is 0 Å². The van der Waals surface area contributed by atoms with Crippen LogP contribution in [0.5, 0.6) is 0 Å². The number of alkyl halides is 3. The summed E-state index contributed by atoms with van der Waals surface area (Å²) < 4.78 is 37.6. The molecule has 0 amide bonds. The molecule has 0 heterocycles. The zero-order valence-electron chi connectivity index (χ0n) is 8.07. The summed E-state index contributed by atoms with van der Waals surface area (Å²) in [4.78, 5) is 0. The minimum atomic E-state index is -4.31. The van der Waals surface area contributed by atoms with Gasteiger partial charge in [-0.3, -0.25) is 0 Å². The summed E-state index contributed by atoms with van der Waals surface area (Å²) in [5, 5.41) is 0. The van der Waals surface area contributed by atoms with Crippen LogP contribution >= 0.6 is 0 Å². The molecular formula is C11H11F3. The number of halogens is 3. The van der Waals surface area contributed by atoms with E-state index in [0.29, 0.717) is 11.1 Å². The van der Waals surface area contributed by atoms with Crippen LogP contribution in [0.2, 0.25) is 0 Å². The number of hydrogen-bond acceptors (Lipinski definition) is 0. The fourth-order valence-electron chi connectivity index (χ4n) is 1.26. The second-order valence-corrected chi connectivity index (χ2v) is 3.33. The van der Waals surface area contributed by atoms with Gasteiger partial charge in [0.2, 0.25) is 0 Å². The highest BCUT2D eigenvalue weighted by Gasteiger charge is 2.33. The molecule has 14 heavy (non-hydrogen) atoms. The highest BCUT2D eigenvalue weighted by atomic mass is 19.4. The lowest BCUT2D eigenvalue weighted by atomic mass is 9.99. The number of aryl methyl sites for hydroxylation is 1. The molecule has 0 aliphatic carbocycles. The summed E-state index contributed by atoms with van der Waals surface area (Å²) in [7, 11) is 0. The molecule has 0 atom stereocenters. The lowest BCUT2D eigenvalue weighted by molar-refractivity contribution is -0.137. The summed E-state index contributed by atoms with van der Waals surface area (Å²) in [6.45, 7) is 6.73. The van der Waals surface area contributed by atoms with Crippen LogP contribution in [0.25, 0.3) is 5.57 Å². The van der Waals surface area contributed by atoms with E-state index in [9.17, 15) is 13.2 Å². The van der Waals surface area contributed by atoms with Gasteiger partial charge < -0.3 is 0 Å². The topological polar surface area (TPSA) is 0 Å². The monoisotopic (exact) mass is 200 g/mol. The Labute approximate surface area is 81.1 Å². The van der Waals surface area contributed by atoms with Crippen LogP contribution in [-0.2, 0) is 6.18 Å². The first kappa shape index (κ1) is 10.8. The minimum Gasteiger partial charge on any atom is -0.166 e. The Morgan fingerprint density at radius 2 is 1.86 bits per heavy atom. The minimum absolute atomic E-state index is 0.170. The van der Waals surface area contributed by atoms with E-state index in [4.69, 9.17) is 0 Å². The van der Waals surface area contributed by atoms with Crippen molar-refractivity contribution >= 4 is 5.57 Å². The van der Waals surface area contributed by atoms with Gasteiger partial charge in [0, 0.05) is 0 Å². The van der Waals surface area contributed by atoms with Gasteiger partial charge in [0.05, 0.1) is 5.56 Å². The fraction of sp³-hybridized carbons (Fsp3) is 0.273. The molecule has 0 radical (unpaired) electrons. The molecule has 0 fully saturated rings. The predicted molar refractivity (Wildman–Crippen MR) is 50.9 cm³/mol. The number of rotatable bonds is 1. The smallest absolute Gasteiger partial charge is 0.166 e. The van der Waals surface area contributed by atoms with Crippen LogP contribution in [0.1, 0.15) is 23.6 Å². The Bertz CT molecular complexity index is 361. The molecule has 1 rings (SSSR count). The maximum Gasteiger partial charge on any atom is 0.417 e. The summed E-state index contributed by atoms with van der Waals surface area (Å²) in [5.74, 6) is 0. The SMILES string of the molecule is C=C(C)c1ccc(C)cc1C(F)(F)F. The van der Waals surface area contributed by atoms with Crippen LogP contribution in [0.3, 0.4) is 0 Å². The zero-order chi connectivity index (χ0) is 10.9. The number of benzene rings is 1. The van der Waals surface area contributed by atoms with Gasteiger partial charge in [0.15, 0.2) is 0 Å². The third-order valence-corrected chi connectivity index (χ3v) is 1.94. The summed E-state index contributed by atoms with van der Waals surface area (Å²) in [6, 6.07) is 4.25. The van der Waals surface area contributed by atoms with E-state index in [0.717, 1.165) is 6.07 Å². The van der Waals surface area contributed by atoms with Crippen LogP contribution in [0.15, 0.2) is 24.8 Å². The lowest BCUT2D eigenvalue weighted by Crippen LogP contribution is -2.08. The predicted octanol–water partition coefficient (Wildman–Crippen LogP) is 4.05. The van der Waals surface area contributed by atoms with E-state index in [1.54, 1.807) is 19.9 Å². The molecule has 0 aliphatic heterocycles. The van der Waals surface area contributed by atoms with E-state index >= 15 is 0 Å². The van der Waals surface area contributed by atoms with Gasteiger partial charge in [-0.15, -0.1) is 0 Å². The molecule has 0 N–H and O–H groups in total. The third-order valence-electron chi connectivity index (χ3n) is 1.94. The molecule has 0 bridgehead atoms. The second kappa shape index (κ2) is 3.48. The third kappa shape index (κ3) is 2.16. The van der Waals surface area contributed by atoms with Gasteiger partial charge in [0.25, 0.3) is 0 Å². The first-order chi connectivity index (χ1) is 6.32. The lowest BCUT2D eigenvalue weighted by Gasteiger charge is -2.13. The van der Waals surface area contributed by atoms with Gasteiger partial charge in [-0.2, -0.15) is 13.2 Å². The molecule has 0 saturated heterocycles. The molecule has 0 aliphatic rings. The molecule has 76 valence electrons.